The van der Waals surface area contributed by atoms with Gasteiger partial charge in [0.1, 0.15) is 0 Å². The van der Waals surface area contributed by atoms with E-state index in [1.54, 1.807) is 31.2 Å². The Balaban J connectivity index is 1.75. The second kappa shape index (κ2) is 9.09. The molecule has 6 heteroatoms. The van der Waals surface area contributed by atoms with Crippen LogP contribution in [0.5, 0.6) is 5.75 Å². The van der Waals surface area contributed by atoms with Crippen LogP contribution in [0.15, 0.2) is 48.5 Å². The predicted molar refractivity (Wildman–Crippen MR) is 103 cm³/mol. The lowest BCUT2D eigenvalue weighted by Crippen LogP contribution is -2.01. The van der Waals surface area contributed by atoms with Crippen LogP contribution in [0.2, 0.25) is 0 Å². The topological polar surface area (TPSA) is 29.5 Å². The SMILES string of the molecule is CCOc1ccc(-c2ccc(CCc3ccc(CO)c(F)c3F)cc2)c(F)c1F. The van der Waals surface area contributed by atoms with Crippen molar-refractivity contribution in [2.24, 2.45) is 0 Å². The van der Waals surface area contributed by atoms with Gasteiger partial charge in [-0.05, 0) is 48.6 Å². The molecule has 0 aromatic heterocycles. The van der Waals surface area contributed by atoms with Gasteiger partial charge in [-0.3, -0.25) is 0 Å². The van der Waals surface area contributed by atoms with Gasteiger partial charge in [0.15, 0.2) is 23.2 Å². The summed E-state index contributed by atoms with van der Waals surface area (Å²) in [6, 6.07) is 12.4. The van der Waals surface area contributed by atoms with Crippen LogP contribution in [-0.2, 0) is 19.4 Å². The number of ether oxygens (including phenoxy) is 1. The van der Waals surface area contributed by atoms with Crippen molar-refractivity contribution in [3.8, 4) is 16.9 Å². The number of aryl methyl sites for hydroxylation is 2. The van der Waals surface area contributed by atoms with Crippen molar-refractivity contribution in [3.63, 3.8) is 0 Å². The number of hydrogen-bond donors (Lipinski definition) is 1. The second-order valence-corrected chi connectivity index (χ2v) is 6.54. The highest BCUT2D eigenvalue weighted by Crippen LogP contribution is 2.30. The highest BCUT2D eigenvalue weighted by Gasteiger charge is 2.16. The Hall–Kier alpha value is -2.86. The lowest BCUT2D eigenvalue weighted by molar-refractivity contribution is 0.273. The van der Waals surface area contributed by atoms with Crippen LogP contribution in [0, 0.1) is 23.3 Å². The summed E-state index contributed by atoms with van der Waals surface area (Å²) in [5.41, 5.74) is 1.58. The van der Waals surface area contributed by atoms with Crippen LogP contribution in [0.3, 0.4) is 0 Å². The molecule has 0 amide bonds. The summed E-state index contributed by atoms with van der Waals surface area (Å²) < 4.78 is 61.2. The molecule has 0 aliphatic carbocycles. The van der Waals surface area contributed by atoms with E-state index in [2.05, 4.69) is 0 Å². The lowest BCUT2D eigenvalue weighted by Gasteiger charge is -2.10. The van der Waals surface area contributed by atoms with Gasteiger partial charge in [0.25, 0.3) is 0 Å². The molecule has 3 aromatic carbocycles. The fourth-order valence-corrected chi connectivity index (χ4v) is 3.10. The standard InChI is InChI=1S/C23H20F4O2/c1-2-29-19-12-11-18(22(26)23(19)27)15-6-3-14(4-7-15)5-8-16-9-10-17(13-28)21(25)20(16)24/h3-4,6-7,9-12,28H,2,5,8,13H2,1H3. The Morgan fingerprint density at radius 1 is 0.724 bits per heavy atom. The smallest absolute Gasteiger partial charge is 0.201 e. The molecule has 152 valence electrons. The molecule has 0 heterocycles. The summed E-state index contributed by atoms with van der Waals surface area (Å²) >= 11 is 0. The highest BCUT2D eigenvalue weighted by atomic mass is 19.2. The van der Waals surface area contributed by atoms with Crippen molar-refractivity contribution >= 4 is 0 Å². The van der Waals surface area contributed by atoms with Crippen LogP contribution in [0.1, 0.15) is 23.6 Å². The van der Waals surface area contributed by atoms with E-state index in [0.717, 1.165) is 5.56 Å². The van der Waals surface area contributed by atoms with Crippen molar-refractivity contribution in [1.82, 2.24) is 0 Å². The monoisotopic (exact) mass is 404 g/mol. The third-order valence-corrected chi connectivity index (χ3v) is 4.71. The summed E-state index contributed by atoms with van der Waals surface area (Å²) in [6.45, 7) is 1.36. The Kier molecular flexibility index (Phi) is 6.54. The average Bonchev–Trinajstić information content (AvgIpc) is 2.73. The largest absolute Gasteiger partial charge is 0.491 e. The summed E-state index contributed by atoms with van der Waals surface area (Å²) in [7, 11) is 0. The maximum Gasteiger partial charge on any atom is 0.201 e. The van der Waals surface area contributed by atoms with Crippen molar-refractivity contribution in [3.05, 3.63) is 88.5 Å². The summed E-state index contributed by atoms with van der Waals surface area (Å²) in [6.07, 6.45) is 0.703. The first kappa shape index (κ1) is 20.9. The van der Waals surface area contributed by atoms with E-state index < -0.39 is 29.9 Å². The van der Waals surface area contributed by atoms with Crippen molar-refractivity contribution in [1.29, 1.82) is 0 Å². The number of halogens is 4. The third kappa shape index (κ3) is 4.43. The zero-order valence-corrected chi connectivity index (χ0v) is 15.8. The van der Waals surface area contributed by atoms with Gasteiger partial charge < -0.3 is 9.84 Å². The minimum atomic E-state index is -1.03. The first-order valence-corrected chi connectivity index (χ1v) is 9.23. The molecule has 0 aliphatic rings. The number of hydrogen-bond acceptors (Lipinski definition) is 2. The maximum atomic E-state index is 14.3. The molecule has 0 spiro atoms. The summed E-state index contributed by atoms with van der Waals surface area (Å²) in [4.78, 5) is 0. The van der Waals surface area contributed by atoms with Crippen LogP contribution in [0.4, 0.5) is 17.6 Å². The molecule has 0 saturated carbocycles. The molecule has 0 fully saturated rings. The predicted octanol–water partition coefficient (Wildman–Crippen LogP) is 5.59. The van der Waals surface area contributed by atoms with E-state index in [0.29, 0.717) is 12.0 Å². The lowest BCUT2D eigenvalue weighted by atomic mass is 9.99. The Bertz CT molecular complexity index is 1000. The molecular weight excluding hydrogens is 384 g/mol. The van der Waals surface area contributed by atoms with E-state index in [-0.39, 0.29) is 35.5 Å². The first-order valence-electron chi connectivity index (χ1n) is 9.23. The number of aliphatic hydroxyl groups excluding tert-OH is 1. The van der Waals surface area contributed by atoms with Crippen LogP contribution in [-0.4, -0.2) is 11.7 Å². The quantitative estimate of drug-likeness (QED) is 0.521. The molecule has 3 aromatic rings. The van der Waals surface area contributed by atoms with E-state index in [4.69, 9.17) is 9.84 Å². The number of rotatable bonds is 7. The van der Waals surface area contributed by atoms with E-state index >= 15 is 0 Å². The second-order valence-electron chi connectivity index (χ2n) is 6.54. The van der Waals surface area contributed by atoms with Gasteiger partial charge >= 0.3 is 0 Å². The van der Waals surface area contributed by atoms with Gasteiger partial charge in [-0.1, -0.05) is 36.4 Å². The van der Waals surface area contributed by atoms with Crippen LogP contribution < -0.4 is 4.74 Å². The maximum absolute atomic E-state index is 14.3. The summed E-state index contributed by atoms with van der Waals surface area (Å²) in [5.74, 6) is -4.14. The third-order valence-electron chi connectivity index (χ3n) is 4.71. The van der Waals surface area contributed by atoms with E-state index in [1.165, 1.54) is 24.3 Å². The fourth-order valence-electron chi connectivity index (χ4n) is 3.10. The molecule has 2 nitrogen and oxygen atoms in total. The van der Waals surface area contributed by atoms with E-state index in [9.17, 15) is 17.6 Å². The molecule has 0 radical (unpaired) electrons. The number of aliphatic hydroxyl groups is 1. The zero-order chi connectivity index (χ0) is 21.0. The Labute approximate surface area is 166 Å². The van der Waals surface area contributed by atoms with Gasteiger partial charge in [0.2, 0.25) is 5.82 Å². The Morgan fingerprint density at radius 2 is 1.38 bits per heavy atom. The minimum Gasteiger partial charge on any atom is -0.491 e. The Morgan fingerprint density at radius 3 is 2.03 bits per heavy atom. The average molecular weight is 404 g/mol. The molecule has 1 N–H and O–H groups in total. The fraction of sp³-hybridized carbons (Fsp3) is 0.217. The summed E-state index contributed by atoms with van der Waals surface area (Å²) in [5, 5.41) is 8.98. The zero-order valence-electron chi connectivity index (χ0n) is 15.8. The van der Waals surface area contributed by atoms with E-state index in [1.807, 2.05) is 0 Å². The normalized spacial score (nSPS) is 11.0. The van der Waals surface area contributed by atoms with Gasteiger partial charge in [-0.15, -0.1) is 0 Å². The van der Waals surface area contributed by atoms with Crippen molar-refractivity contribution in [2.75, 3.05) is 6.61 Å². The molecule has 0 saturated heterocycles. The van der Waals surface area contributed by atoms with Crippen molar-refractivity contribution < 1.29 is 27.4 Å². The highest BCUT2D eigenvalue weighted by molar-refractivity contribution is 5.65. The minimum absolute atomic E-state index is 0.0831. The van der Waals surface area contributed by atoms with Gasteiger partial charge in [-0.25, -0.2) is 13.2 Å². The molecule has 0 bridgehead atoms. The molecular formula is C23H20F4O2. The van der Waals surface area contributed by atoms with Crippen LogP contribution >= 0.6 is 0 Å². The van der Waals surface area contributed by atoms with Gasteiger partial charge in [-0.2, -0.15) is 4.39 Å². The van der Waals surface area contributed by atoms with Crippen molar-refractivity contribution in [2.45, 2.75) is 26.4 Å². The molecule has 0 atom stereocenters. The molecule has 29 heavy (non-hydrogen) atoms. The first-order chi connectivity index (χ1) is 14.0. The number of benzene rings is 3. The molecule has 3 rings (SSSR count). The molecule has 0 unspecified atom stereocenters. The molecule has 0 aliphatic heterocycles. The van der Waals surface area contributed by atoms with Crippen LogP contribution in [0.25, 0.3) is 11.1 Å². The van der Waals surface area contributed by atoms with Gasteiger partial charge in [0, 0.05) is 11.1 Å². The van der Waals surface area contributed by atoms with Gasteiger partial charge in [0.05, 0.1) is 13.2 Å².